The molecule has 0 bridgehead atoms. The summed E-state index contributed by atoms with van der Waals surface area (Å²) < 4.78 is 5.23. The summed E-state index contributed by atoms with van der Waals surface area (Å²) in [4.78, 5) is 0. The highest BCUT2D eigenvalue weighted by molar-refractivity contribution is 6.17. The van der Waals surface area contributed by atoms with Crippen LogP contribution < -0.4 is 4.74 Å². The van der Waals surface area contributed by atoms with Crippen LogP contribution in [0.3, 0.4) is 0 Å². The largest absolute Gasteiger partial charge is 0.497 e. The Morgan fingerprint density at radius 2 is 2.13 bits per heavy atom. The molecule has 1 aromatic rings. The third-order valence-corrected chi connectivity index (χ3v) is 3.02. The van der Waals surface area contributed by atoms with Crippen molar-refractivity contribution in [2.45, 2.75) is 32.6 Å². The van der Waals surface area contributed by atoms with Gasteiger partial charge in [-0.2, -0.15) is 0 Å². The van der Waals surface area contributed by atoms with Gasteiger partial charge < -0.3 is 4.74 Å². The normalized spacial score (nSPS) is 12.5. The van der Waals surface area contributed by atoms with Crippen LogP contribution in [-0.4, -0.2) is 13.0 Å². The first kappa shape index (κ1) is 12.4. The van der Waals surface area contributed by atoms with Crippen molar-refractivity contribution in [3.8, 4) is 5.75 Å². The smallest absolute Gasteiger partial charge is 0.119 e. The lowest BCUT2D eigenvalue weighted by Gasteiger charge is -2.15. The molecule has 0 aliphatic carbocycles. The molecular formula is C13H19ClO. The average Bonchev–Trinajstić information content (AvgIpc) is 2.28. The maximum Gasteiger partial charge on any atom is 0.119 e. The van der Waals surface area contributed by atoms with Crippen molar-refractivity contribution in [1.82, 2.24) is 0 Å². The lowest BCUT2D eigenvalue weighted by atomic mass is 9.92. The van der Waals surface area contributed by atoms with Crippen molar-refractivity contribution in [3.63, 3.8) is 0 Å². The van der Waals surface area contributed by atoms with Crippen molar-refractivity contribution in [3.05, 3.63) is 29.3 Å². The molecule has 0 aromatic heterocycles. The van der Waals surface area contributed by atoms with Crippen LogP contribution in [0.2, 0.25) is 0 Å². The Morgan fingerprint density at radius 1 is 1.40 bits per heavy atom. The molecule has 0 radical (unpaired) electrons. The predicted molar refractivity (Wildman–Crippen MR) is 66.1 cm³/mol. The molecular weight excluding hydrogens is 208 g/mol. The summed E-state index contributed by atoms with van der Waals surface area (Å²) in [6.07, 6.45) is 2.07. The van der Waals surface area contributed by atoms with Crippen molar-refractivity contribution < 1.29 is 4.74 Å². The van der Waals surface area contributed by atoms with Gasteiger partial charge in [0.05, 0.1) is 7.11 Å². The minimum atomic E-state index is 0.531. The fraction of sp³-hybridized carbons (Fsp3) is 0.538. The van der Waals surface area contributed by atoms with E-state index in [0.29, 0.717) is 5.92 Å². The molecule has 0 saturated carbocycles. The molecule has 1 aromatic carbocycles. The second kappa shape index (κ2) is 6.02. The first-order chi connectivity index (χ1) is 7.22. The first-order valence-electron chi connectivity index (χ1n) is 5.45. The molecule has 0 fully saturated rings. The number of rotatable bonds is 5. The van der Waals surface area contributed by atoms with Crippen LogP contribution >= 0.6 is 11.6 Å². The molecule has 1 nitrogen and oxygen atoms in total. The van der Waals surface area contributed by atoms with Gasteiger partial charge in [0, 0.05) is 5.88 Å². The van der Waals surface area contributed by atoms with E-state index in [0.717, 1.165) is 24.5 Å². The van der Waals surface area contributed by atoms with E-state index in [1.165, 1.54) is 11.1 Å². The molecule has 1 unspecified atom stereocenters. The number of halogens is 1. The van der Waals surface area contributed by atoms with Gasteiger partial charge in [-0.15, -0.1) is 11.6 Å². The summed E-state index contributed by atoms with van der Waals surface area (Å²) in [6, 6.07) is 6.31. The van der Waals surface area contributed by atoms with Gasteiger partial charge >= 0.3 is 0 Å². The highest BCUT2D eigenvalue weighted by atomic mass is 35.5. The summed E-state index contributed by atoms with van der Waals surface area (Å²) in [7, 11) is 1.70. The van der Waals surface area contributed by atoms with Gasteiger partial charge in [-0.25, -0.2) is 0 Å². The minimum absolute atomic E-state index is 0.531. The van der Waals surface area contributed by atoms with Crippen LogP contribution in [0.15, 0.2) is 18.2 Å². The molecule has 0 spiro atoms. The molecule has 0 saturated heterocycles. The lowest BCUT2D eigenvalue weighted by molar-refractivity contribution is 0.414. The van der Waals surface area contributed by atoms with Gasteiger partial charge in [-0.05, 0) is 42.0 Å². The first-order valence-corrected chi connectivity index (χ1v) is 5.99. The average molecular weight is 227 g/mol. The van der Waals surface area contributed by atoms with Crippen LogP contribution in [0.25, 0.3) is 0 Å². The van der Waals surface area contributed by atoms with E-state index in [1.807, 2.05) is 6.07 Å². The Labute approximate surface area is 97.4 Å². The highest BCUT2D eigenvalue weighted by Gasteiger charge is 2.09. The van der Waals surface area contributed by atoms with Crippen LogP contribution in [0.1, 0.15) is 37.3 Å². The van der Waals surface area contributed by atoms with E-state index < -0.39 is 0 Å². The lowest BCUT2D eigenvalue weighted by Crippen LogP contribution is -2.00. The third-order valence-electron chi connectivity index (χ3n) is 2.80. The van der Waals surface area contributed by atoms with Gasteiger partial charge in [-0.3, -0.25) is 0 Å². The second-order valence-corrected chi connectivity index (χ2v) is 4.17. The fourth-order valence-corrected chi connectivity index (χ4v) is 2.14. The molecule has 0 amide bonds. The third kappa shape index (κ3) is 3.13. The van der Waals surface area contributed by atoms with Crippen molar-refractivity contribution in [2.24, 2.45) is 0 Å². The van der Waals surface area contributed by atoms with E-state index in [4.69, 9.17) is 16.3 Å². The van der Waals surface area contributed by atoms with Crippen LogP contribution in [-0.2, 0) is 6.42 Å². The van der Waals surface area contributed by atoms with E-state index in [1.54, 1.807) is 7.11 Å². The fourth-order valence-electron chi connectivity index (χ4n) is 1.82. The summed E-state index contributed by atoms with van der Waals surface area (Å²) in [5, 5.41) is 0. The summed E-state index contributed by atoms with van der Waals surface area (Å²) in [5.74, 6) is 2.19. The summed E-state index contributed by atoms with van der Waals surface area (Å²) in [5.41, 5.74) is 2.77. The van der Waals surface area contributed by atoms with Crippen LogP contribution in [0, 0.1) is 0 Å². The Balaban J connectivity index is 2.96. The zero-order valence-corrected chi connectivity index (χ0v) is 10.5. The topological polar surface area (TPSA) is 9.23 Å². The van der Waals surface area contributed by atoms with Crippen molar-refractivity contribution in [1.29, 1.82) is 0 Å². The molecule has 1 atom stereocenters. The molecule has 1 rings (SSSR count). The highest BCUT2D eigenvalue weighted by Crippen LogP contribution is 2.27. The van der Waals surface area contributed by atoms with Crippen LogP contribution in [0.4, 0.5) is 0 Å². The molecule has 0 N–H and O–H groups in total. The van der Waals surface area contributed by atoms with E-state index in [9.17, 15) is 0 Å². The maximum atomic E-state index is 5.78. The molecule has 84 valence electrons. The molecule has 0 heterocycles. The monoisotopic (exact) mass is 226 g/mol. The Bertz CT molecular complexity index is 309. The van der Waals surface area contributed by atoms with Gasteiger partial charge in [0.25, 0.3) is 0 Å². The van der Waals surface area contributed by atoms with Crippen LogP contribution in [0.5, 0.6) is 5.75 Å². The number of aryl methyl sites for hydroxylation is 1. The van der Waals surface area contributed by atoms with E-state index >= 15 is 0 Å². The zero-order valence-electron chi connectivity index (χ0n) is 9.72. The Morgan fingerprint density at radius 3 is 2.67 bits per heavy atom. The molecule has 2 heteroatoms. The number of methoxy groups -OCH3 is 1. The standard InChI is InChI=1S/C13H19ClO/c1-4-11-9-12(15-3)5-6-13(11)10(2)7-8-14/h5-6,9-10H,4,7-8H2,1-3H3. The van der Waals surface area contributed by atoms with E-state index in [-0.39, 0.29) is 0 Å². The van der Waals surface area contributed by atoms with Gasteiger partial charge in [0.2, 0.25) is 0 Å². The molecule has 15 heavy (non-hydrogen) atoms. The van der Waals surface area contributed by atoms with Crippen molar-refractivity contribution >= 4 is 11.6 Å². The summed E-state index contributed by atoms with van der Waals surface area (Å²) >= 11 is 5.78. The van der Waals surface area contributed by atoms with Gasteiger partial charge in [0.1, 0.15) is 5.75 Å². The molecule has 0 aliphatic heterocycles. The number of ether oxygens (including phenoxy) is 1. The number of alkyl halides is 1. The number of hydrogen-bond donors (Lipinski definition) is 0. The zero-order chi connectivity index (χ0) is 11.3. The summed E-state index contributed by atoms with van der Waals surface area (Å²) in [6.45, 7) is 4.40. The minimum Gasteiger partial charge on any atom is -0.497 e. The quantitative estimate of drug-likeness (QED) is 0.690. The molecule has 0 aliphatic rings. The maximum absolute atomic E-state index is 5.78. The SMILES string of the molecule is CCc1cc(OC)ccc1C(C)CCCl. The Kier molecular flexibility index (Phi) is 4.97. The predicted octanol–water partition coefficient (Wildman–Crippen LogP) is 3.99. The second-order valence-electron chi connectivity index (χ2n) is 3.80. The number of hydrogen-bond acceptors (Lipinski definition) is 1. The van der Waals surface area contributed by atoms with Gasteiger partial charge in [-0.1, -0.05) is 19.9 Å². The Hall–Kier alpha value is -0.690. The van der Waals surface area contributed by atoms with Crippen molar-refractivity contribution in [2.75, 3.05) is 13.0 Å². The van der Waals surface area contributed by atoms with Gasteiger partial charge in [0.15, 0.2) is 0 Å². The van der Waals surface area contributed by atoms with E-state index in [2.05, 4.69) is 26.0 Å². The number of benzene rings is 1.